The molecule has 8 nitrogen and oxygen atoms in total. The Labute approximate surface area is 235 Å². The maximum absolute atomic E-state index is 12.9. The number of carbonyl (C=O) groups is 2. The van der Waals surface area contributed by atoms with E-state index in [0.29, 0.717) is 24.9 Å². The molecule has 0 saturated heterocycles. The standard InChI is InChI=1S/C32H38N4O4/c1-31(40)19-32(33,20-31)24-12-10-23(11-13-24)29-27(22-6-4-3-5-7-22)17-25(18-34-29)35-28(37)16-21-8-14-26(15-9-21)36(2)30(38)39/h3-7,10-13,17-18,21,26,40H,8-9,14-16,19-20,33H2,1-2H3,(H,35,37)(H,38,39)/t21-,26-,31-,32-. The predicted octanol–water partition coefficient (Wildman–Crippen LogP) is 5.61. The van der Waals surface area contributed by atoms with Gasteiger partial charge in [-0.2, -0.15) is 0 Å². The third-order valence-corrected chi connectivity index (χ3v) is 8.52. The second kappa shape index (κ2) is 11.0. The monoisotopic (exact) mass is 542 g/mol. The number of aliphatic hydroxyl groups is 1. The second-order valence-electron chi connectivity index (χ2n) is 11.9. The minimum absolute atomic E-state index is 0.0232. The summed E-state index contributed by atoms with van der Waals surface area (Å²) in [6.07, 6.45) is 5.47. The van der Waals surface area contributed by atoms with Crippen LogP contribution in [0.1, 0.15) is 57.4 Å². The lowest BCUT2D eigenvalue weighted by Gasteiger charge is -2.49. The van der Waals surface area contributed by atoms with Gasteiger partial charge in [0.1, 0.15) is 0 Å². The van der Waals surface area contributed by atoms with Crippen LogP contribution in [0, 0.1) is 5.92 Å². The zero-order chi connectivity index (χ0) is 28.5. The summed E-state index contributed by atoms with van der Waals surface area (Å²) in [6, 6.07) is 20.0. The van der Waals surface area contributed by atoms with Crippen LogP contribution in [0.3, 0.4) is 0 Å². The number of pyridine rings is 1. The third kappa shape index (κ3) is 6.03. The van der Waals surface area contributed by atoms with Gasteiger partial charge in [-0.1, -0.05) is 54.6 Å². The van der Waals surface area contributed by atoms with Gasteiger partial charge in [0.15, 0.2) is 0 Å². The number of benzene rings is 2. The number of amides is 2. The van der Waals surface area contributed by atoms with Crippen molar-refractivity contribution in [3.05, 3.63) is 72.4 Å². The first kappa shape index (κ1) is 27.8. The van der Waals surface area contributed by atoms with Gasteiger partial charge in [-0.3, -0.25) is 9.78 Å². The molecule has 2 aliphatic carbocycles. The molecule has 0 aliphatic heterocycles. The fourth-order valence-electron chi connectivity index (χ4n) is 6.44. The predicted molar refractivity (Wildman–Crippen MR) is 156 cm³/mol. The van der Waals surface area contributed by atoms with E-state index in [0.717, 1.165) is 53.6 Å². The molecular weight excluding hydrogens is 504 g/mol. The normalized spacial score (nSPS) is 26.0. The van der Waals surface area contributed by atoms with Gasteiger partial charge in [-0.15, -0.1) is 0 Å². The smallest absolute Gasteiger partial charge is 0.407 e. The fourth-order valence-corrected chi connectivity index (χ4v) is 6.44. The Morgan fingerprint density at radius 3 is 2.27 bits per heavy atom. The van der Waals surface area contributed by atoms with Crippen LogP contribution in [0.25, 0.3) is 22.4 Å². The molecule has 2 fully saturated rings. The van der Waals surface area contributed by atoms with Crippen molar-refractivity contribution < 1.29 is 19.8 Å². The molecule has 5 N–H and O–H groups in total. The highest BCUT2D eigenvalue weighted by Gasteiger charge is 2.49. The van der Waals surface area contributed by atoms with Crippen molar-refractivity contribution in [3.63, 3.8) is 0 Å². The lowest BCUT2D eigenvalue weighted by molar-refractivity contribution is -0.117. The summed E-state index contributed by atoms with van der Waals surface area (Å²) < 4.78 is 0. The summed E-state index contributed by atoms with van der Waals surface area (Å²) in [7, 11) is 1.61. The van der Waals surface area contributed by atoms with Gasteiger partial charge in [0, 0.05) is 36.2 Å². The zero-order valence-electron chi connectivity index (χ0n) is 23.1. The van der Waals surface area contributed by atoms with E-state index in [2.05, 4.69) is 5.32 Å². The van der Waals surface area contributed by atoms with Crippen molar-refractivity contribution in [3.8, 4) is 22.4 Å². The SMILES string of the molecule is CN(C(=O)O)[C@H]1CC[C@H](CC(=O)Nc2cnc(-c3ccc([C@]4(N)C[C@](C)(O)C4)cc3)c(-c3ccccc3)c2)CC1. The molecule has 2 amide bonds. The molecule has 8 heteroatoms. The molecule has 2 aromatic carbocycles. The Kier molecular flexibility index (Phi) is 7.66. The van der Waals surface area contributed by atoms with Crippen molar-refractivity contribution >= 4 is 17.7 Å². The number of aromatic nitrogens is 1. The van der Waals surface area contributed by atoms with Crippen LogP contribution in [-0.2, 0) is 10.3 Å². The van der Waals surface area contributed by atoms with Crippen LogP contribution in [0.15, 0.2) is 66.9 Å². The van der Waals surface area contributed by atoms with E-state index in [9.17, 15) is 19.8 Å². The van der Waals surface area contributed by atoms with E-state index < -0.39 is 17.2 Å². The molecule has 0 spiro atoms. The summed E-state index contributed by atoms with van der Waals surface area (Å²) in [5.74, 6) is 0.181. The number of nitrogens with two attached hydrogens (primary N) is 1. The highest BCUT2D eigenvalue weighted by atomic mass is 16.4. The van der Waals surface area contributed by atoms with Crippen LogP contribution in [0.4, 0.5) is 10.5 Å². The topological polar surface area (TPSA) is 129 Å². The first-order chi connectivity index (χ1) is 19.0. The van der Waals surface area contributed by atoms with E-state index in [1.165, 1.54) is 4.90 Å². The molecule has 210 valence electrons. The number of rotatable bonds is 7. The Bertz CT molecular complexity index is 1360. The van der Waals surface area contributed by atoms with Gasteiger partial charge in [0.25, 0.3) is 0 Å². The molecule has 1 aromatic heterocycles. The fraction of sp³-hybridized carbons (Fsp3) is 0.406. The molecule has 1 heterocycles. The van der Waals surface area contributed by atoms with Gasteiger partial charge in [-0.25, -0.2) is 4.79 Å². The van der Waals surface area contributed by atoms with E-state index >= 15 is 0 Å². The quantitative estimate of drug-likeness (QED) is 0.307. The number of hydrogen-bond donors (Lipinski definition) is 4. The summed E-state index contributed by atoms with van der Waals surface area (Å²) in [6.45, 7) is 1.81. The van der Waals surface area contributed by atoms with Crippen LogP contribution in [0.5, 0.6) is 0 Å². The minimum Gasteiger partial charge on any atom is -0.465 e. The second-order valence-corrected chi connectivity index (χ2v) is 11.9. The van der Waals surface area contributed by atoms with E-state index in [-0.39, 0.29) is 17.9 Å². The Balaban J connectivity index is 1.30. The summed E-state index contributed by atoms with van der Waals surface area (Å²) in [5.41, 5.74) is 10.6. The Morgan fingerprint density at radius 1 is 1.02 bits per heavy atom. The first-order valence-electron chi connectivity index (χ1n) is 14.0. The number of hydrogen-bond acceptors (Lipinski definition) is 5. The van der Waals surface area contributed by atoms with Crippen LogP contribution >= 0.6 is 0 Å². The van der Waals surface area contributed by atoms with Crippen molar-refractivity contribution in [1.82, 2.24) is 9.88 Å². The molecule has 5 rings (SSSR count). The van der Waals surface area contributed by atoms with E-state index in [1.54, 1.807) is 13.2 Å². The molecule has 0 atom stereocenters. The summed E-state index contributed by atoms with van der Waals surface area (Å²) >= 11 is 0. The molecule has 3 aromatic rings. The molecular formula is C32H38N4O4. The van der Waals surface area contributed by atoms with E-state index in [1.807, 2.05) is 67.6 Å². The maximum atomic E-state index is 12.9. The molecule has 0 unspecified atom stereocenters. The molecule has 40 heavy (non-hydrogen) atoms. The van der Waals surface area contributed by atoms with Crippen molar-refractivity contribution in [2.75, 3.05) is 12.4 Å². The molecule has 2 aliphatic rings. The van der Waals surface area contributed by atoms with Gasteiger partial charge in [0.05, 0.1) is 23.2 Å². The van der Waals surface area contributed by atoms with Crippen molar-refractivity contribution in [2.24, 2.45) is 11.7 Å². The molecule has 0 radical (unpaired) electrons. The number of nitrogens with one attached hydrogen (secondary N) is 1. The highest BCUT2D eigenvalue weighted by molar-refractivity contribution is 5.93. The molecule has 2 saturated carbocycles. The van der Waals surface area contributed by atoms with E-state index in [4.69, 9.17) is 10.7 Å². The van der Waals surface area contributed by atoms with Crippen LogP contribution in [-0.4, -0.2) is 50.8 Å². The summed E-state index contributed by atoms with van der Waals surface area (Å²) in [5, 5.41) is 22.5. The highest BCUT2D eigenvalue weighted by Crippen LogP contribution is 2.46. The molecule has 0 bridgehead atoms. The maximum Gasteiger partial charge on any atom is 0.407 e. The number of carbonyl (C=O) groups excluding carboxylic acids is 1. The Hall–Kier alpha value is -3.75. The number of nitrogens with zero attached hydrogens (tertiary/aromatic N) is 2. The van der Waals surface area contributed by atoms with Crippen molar-refractivity contribution in [1.29, 1.82) is 0 Å². The first-order valence-corrected chi connectivity index (χ1v) is 14.0. The number of carboxylic acid groups (broad SMARTS) is 1. The lowest BCUT2D eigenvalue weighted by atomic mass is 9.63. The lowest BCUT2D eigenvalue weighted by Crippen LogP contribution is -2.58. The average molecular weight is 543 g/mol. The van der Waals surface area contributed by atoms with Gasteiger partial charge in [0.2, 0.25) is 5.91 Å². The third-order valence-electron chi connectivity index (χ3n) is 8.52. The minimum atomic E-state index is -0.904. The average Bonchev–Trinajstić information content (AvgIpc) is 2.92. The van der Waals surface area contributed by atoms with Gasteiger partial charge >= 0.3 is 6.09 Å². The van der Waals surface area contributed by atoms with Gasteiger partial charge in [-0.05, 0) is 68.6 Å². The largest absolute Gasteiger partial charge is 0.465 e. The van der Waals surface area contributed by atoms with Gasteiger partial charge < -0.3 is 26.2 Å². The van der Waals surface area contributed by atoms with Crippen molar-refractivity contribution in [2.45, 2.75) is 69.1 Å². The summed E-state index contributed by atoms with van der Waals surface area (Å²) in [4.78, 5) is 30.3. The zero-order valence-corrected chi connectivity index (χ0v) is 23.1. The van der Waals surface area contributed by atoms with Crippen LogP contribution in [0.2, 0.25) is 0 Å². The van der Waals surface area contributed by atoms with Crippen LogP contribution < -0.4 is 11.1 Å². The number of anilines is 1. The Morgan fingerprint density at radius 2 is 1.68 bits per heavy atom.